The second-order valence-electron chi connectivity index (χ2n) is 7.19. The zero-order chi connectivity index (χ0) is 19.8. The Balaban J connectivity index is 0.000000211. The molecule has 0 bridgehead atoms. The van der Waals surface area contributed by atoms with Crippen LogP contribution in [-0.2, 0) is 4.79 Å². The fourth-order valence-corrected chi connectivity index (χ4v) is 5.95. The van der Waals surface area contributed by atoms with Gasteiger partial charge in [-0.15, -0.1) is 0 Å². The van der Waals surface area contributed by atoms with Gasteiger partial charge in [-0.1, -0.05) is 6.07 Å². The molecule has 2 aliphatic heterocycles. The number of aliphatic carboxylic acids is 1. The molecule has 28 heavy (non-hydrogen) atoms. The van der Waals surface area contributed by atoms with Crippen molar-refractivity contribution in [1.29, 1.82) is 0 Å². The number of pyridine rings is 1. The van der Waals surface area contributed by atoms with E-state index in [2.05, 4.69) is 16.1 Å². The highest BCUT2D eigenvalue weighted by Crippen LogP contribution is 2.35. The Kier molecular flexibility index (Phi) is 8.09. The molecule has 2 aliphatic rings. The molecule has 3 N–H and O–H groups in total. The number of carbonyl (C=O) groups is 1. The maximum Gasteiger partial charge on any atom is 0.306 e. The number of nitrogens with zero attached hydrogens (tertiary/aromatic N) is 3. The Morgan fingerprint density at radius 3 is 2.57 bits per heavy atom. The minimum absolute atomic E-state index is 0.0498. The topological polar surface area (TPSA) is 94.0 Å². The minimum Gasteiger partial charge on any atom is -0.481 e. The SMILES string of the molecule is Nc1cnn(C(c2cccnc2)C2CCCSC2)c1.O=C(O)C1CCSCC1. The number of nitrogens with two attached hydrogens (primary N) is 1. The number of hydrogen-bond donors (Lipinski definition) is 2. The number of carboxylic acid groups (broad SMARTS) is 1. The van der Waals surface area contributed by atoms with E-state index in [1.807, 2.05) is 52.9 Å². The number of thioether (sulfide) groups is 2. The van der Waals surface area contributed by atoms with E-state index in [-0.39, 0.29) is 12.0 Å². The van der Waals surface area contributed by atoms with Crippen LogP contribution in [0.15, 0.2) is 36.9 Å². The quantitative estimate of drug-likeness (QED) is 0.777. The normalized spacial score (nSPS) is 21.4. The molecule has 8 heteroatoms. The maximum atomic E-state index is 10.3. The van der Waals surface area contributed by atoms with E-state index in [0.29, 0.717) is 5.92 Å². The van der Waals surface area contributed by atoms with Gasteiger partial charge in [0.05, 0.1) is 23.8 Å². The summed E-state index contributed by atoms with van der Waals surface area (Å²) in [7, 11) is 0. The lowest BCUT2D eigenvalue weighted by Gasteiger charge is -2.30. The molecule has 2 unspecified atom stereocenters. The van der Waals surface area contributed by atoms with Crippen LogP contribution in [0, 0.1) is 11.8 Å². The number of rotatable bonds is 4. The average Bonchev–Trinajstić information content (AvgIpc) is 3.17. The summed E-state index contributed by atoms with van der Waals surface area (Å²) < 4.78 is 2.00. The molecule has 0 radical (unpaired) electrons. The first-order valence-electron chi connectivity index (χ1n) is 9.73. The first-order valence-corrected chi connectivity index (χ1v) is 12.0. The second-order valence-corrected chi connectivity index (χ2v) is 9.56. The van der Waals surface area contributed by atoms with Gasteiger partial charge in [-0.05, 0) is 66.2 Å². The van der Waals surface area contributed by atoms with Crippen molar-refractivity contribution in [1.82, 2.24) is 14.8 Å². The summed E-state index contributed by atoms with van der Waals surface area (Å²) in [6.07, 6.45) is 11.7. The van der Waals surface area contributed by atoms with E-state index < -0.39 is 5.97 Å². The molecule has 2 fully saturated rings. The molecule has 0 spiro atoms. The van der Waals surface area contributed by atoms with Crippen LogP contribution < -0.4 is 5.73 Å². The number of nitrogen functional groups attached to an aromatic ring is 1. The van der Waals surface area contributed by atoms with Crippen molar-refractivity contribution in [2.75, 3.05) is 28.7 Å². The Morgan fingerprint density at radius 1 is 1.21 bits per heavy atom. The van der Waals surface area contributed by atoms with Crippen LogP contribution in [0.3, 0.4) is 0 Å². The number of aromatic nitrogens is 3. The molecule has 6 nitrogen and oxygen atoms in total. The van der Waals surface area contributed by atoms with Crippen LogP contribution in [0.5, 0.6) is 0 Å². The van der Waals surface area contributed by atoms with Crippen LogP contribution in [0.1, 0.15) is 37.3 Å². The van der Waals surface area contributed by atoms with Crippen molar-refractivity contribution in [2.45, 2.75) is 31.7 Å². The maximum absolute atomic E-state index is 10.3. The molecule has 0 saturated carbocycles. The van der Waals surface area contributed by atoms with Crippen molar-refractivity contribution < 1.29 is 9.90 Å². The Morgan fingerprint density at radius 2 is 2.04 bits per heavy atom. The van der Waals surface area contributed by atoms with Gasteiger partial charge in [0.1, 0.15) is 0 Å². The highest BCUT2D eigenvalue weighted by molar-refractivity contribution is 7.99. The van der Waals surface area contributed by atoms with Crippen molar-refractivity contribution in [3.8, 4) is 0 Å². The fraction of sp³-hybridized carbons (Fsp3) is 0.550. The van der Waals surface area contributed by atoms with E-state index >= 15 is 0 Å². The van der Waals surface area contributed by atoms with Gasteiger partial charge >= 0.3 is 5.97 Å². The van der Waals surface area contributed by atoms with Gasteiger partial charge in [0.2, 0.25) is 0 Å². The van der Waals surface area contributed by atoms with Gasteiger partial charge in [0, 0.05) is 18.6 Å². The Labute approximate surface area is 174 Å². The lowest BCUT2D eigenvalue weighted by atomic mass is 9.91. The number of carboxylic acids is 1. The molecule has 4 heterocycles. The van der Waals surface area contributed by atoms with E-state index in [0.717, 1.165) is 30.0 Å². The fourth-order valence-electron chi connectivity index (χ4n) is 3.66. The summed E-state index contributed by atoms with van der Waals surface area (Å²) in [6.45, 7) is 0. The standard InChI is InChI=1S/C14H18N4S.C6H10O2S/c15-13-8-17-18(9-13)14(11-3-1-5-16-7-11)12-4-2-6-19-10-12;7-6(8)5-1-3-9-4-2-5/h1,3,5,7-9,12,14H,2,4,6,10,15H2;5H,1-4H2,(H,7,8). The molecule has 2 atom stereocenters. The lowest BCUT2D eigenvalue weighted by molar-refractivity contribution is -0.141. The third-order valence-corrected chi connectivity index (χ3v) is 7.43. The highest BCUT2D eigenvalue weighted by atomic mass is 32.2. The minimum atomic E-state index is -0.615. The predicted molar refractivity (Wildman–Crippen MR) is 117 cm³/mol. The third kappa shape index (κ3) is 5.91. The summed E-state index contributed by atoms with van der Waals surface area (Å²) in [6, 6.07) is 4.37. The van der Waals surface area contributed by atoms with E-state index in [4.69, 9.17) is 10.8 Å². The van der Waals surface area contributed by atoms with Crippen LogP contribution in [0.2, 0.25) is 0 Å². The average molecular weight is 421 g/mol. The molecular weight excluding hydrogens is 392 g/mol. The summed E-state index contributed by atoms with van der Waals surface area (Å²) in [5, 5.41) is 13.0. The number of anilines is 1. The second kappa shape index (κ2) is 10.8. The molecule has 0 aromatic carbocycles. The van der Waals surface area contributed by atoms with Crippen molar-refractivity contribution >= 4 is 35.2 Å². The van der Waals surface area contributed by atoms with Gasteiger partial charge in [-0.3, -0.25) is 14.5 Å². The first-order chi connectivity index (χ1) is 13.6. The monoisotopic (exact) mass is 420 g/mol. The van der Waals surface area contributed by atoms with Gasteiger partial charge < -0.3 is 10.8 Å². The largest absolute Gasteiger partial charge is 0.481 e. The molecule has 152 valence electrons. The molecule has 0 aliphatic carbocycles. The number of hydrogen-bond acceptors (Lipinski definition) is 6. The predicted octanol–water partition coefficient (Wildman–Crippen LogP) is 3.81. The van der Waals surface area contributed by atoms with E-state index in [9.17, 15) is 4.79 Å². The summed E-state index contributed by atoms with van der Waals surface area (Å²) in [5.74, 6) is 4.44. The summed E-state index contributed by atoms with van der Waals surface area (Å²) in [4.78, 5) is 14.6. The van der Waals surface area contributed by atoms with Crippen molar-refractivity contribution in [3.05, 3.63) is 42.5 Å². The lowest BCUT2D eigenvalue weighted by Crippen LogP contribution is -2.25. The van der Waals surface area contributed by atoms with Gasteiger partial charge in [-0.25, -0.2) is 0 Å². The summed E-state index contributed by atoms with van der Waals surface area (Å²) in [5.41, 5.74) is 7.76. The Bertz CT molecular complexity index is 729. The molecule has 2 saturated heterocycles. The van der Waals surface area contributed by atoms with E-state index in [1.54, 1.807) is 6.20 Å². The molecule has 0 amide bonds. The highest BCUT2D eigenvalue weighted by Gasteiger charge is 2.27. The van der Waals surface area contributed by atoms with Crippen LogP contribution >= 0.6 is 23.5 Å². The third-order valence-electron chi connectivity index (χ3n) is 5.15. The molecule has 2 aromatic heterocycles. The zero-order valence-electron chi connectivity index (χ0n) is 15.9. The van der Waals surface area contributed by atoms with Crippen LogP contribution in [0.4, 0.5) is 5.69 Å². The molecular formula is C20H28N4O2S2. The van der Waals surface area contributed by atoms with Crippen molar-refractivity contribution in [3.63, 3.8) is 0 Å². The van der Waals surface area contributed by atoms with Gasteiger partial charge in [-0.2, -0.15) is 28.6 Å². The summed E-state index contributed by atoms with van der Waals surface area (Å²) >= 11 is 3.89. The van der Waals surface area contributed by atoms with E-state index in [1.165, 1.54) is 29.9 Å². The van der Waals surface area contributed by atoms with Crippen LogP contribution in [0.25, 0.3) is 0 Å². The Hall–Kier alpha value is -1.67. The van der Waals surface area contributed by atoms with Gasteiger partial charge in [0.25, 0.3) is 0 Å². The smallest absolute Gasteiger partial charge is 0.306 e. The molecule has 2 aromatic rings. The van der Waals surface area contributed by atoms with Crippen molar-refractivity contribution in [2.24, 2.45) is 11.8 Å². The molecule has 4 rings (SSSR count). The van der Waals surface area contributed by atoms with Crippen LogP contribution in [-0.4, -0.2) is 48.9 Å². The zero-order valence-corrected chi connectivity index (χ0v) is 17.6. The van der Waals surface area contributed by atoms with Gasteiger partial charge in [0.15, 0.2) is 0 Å². The first kappa shape index (κ1) is 21.0.